The number of halogens is 1. The second kappa shape index (κ2) is 9.17. The molecule has 6 nitrogen and oxygen atoms in total. The maximum atomic E-state index is 12.7. The van der Waals surface area contributed by atoms with Crippen LogP contribution in [0.25, 0.3) is 11.6 Å². The van der Waals surface area contributed by atoms with E-state index in [4.69, 9.17) is 9.15 Å². The van der Waals surface area contributed by atoms with E-state index < -0.39 is 0 Å². The summed E-state index contributed by atoms with van der Waals surface area (Å²) in [5, 5.41) is 9.54. The Morgan fingerprint density at radius 2 is 2.10 bits per heavy atom. The average molecular weight is 476 g/mol. The zero-order valence-corrected chi connectivity index (χ0v) is 18.5. The van der Waals surface area contributed by atoms with E-state index in [2.05, 4.69) is 30.7 Å². The fourth-order valence-corrected chi connectivity index (χ4v) is 5.11. The van der Waals surface area contributed by atoms with E-state index in [0.29, 0.717) is 28.9 Å². The van der Waals surface area contributed by atoms with Crippen molar-refractivity contribution in [1.29, 1.82) is 0 Å². The van der Waals surface area contributed by atoms with Gasteiger partial charge in [0, 0.05) is 11.6 Å². The molecule has 4 rings (SSSR count). The first-order chi connectivity index (χ1) is 14.2. The molecule has 0 amide bonds. The summed E-state index contributed by atoms with van der Waals surface area (Å²) in [4.78, 5) is 12.7. The minimum absolute atomic E-state index is 0.0381. The zero-order chi connectivity index (χ0) is 20.2. The third-order valence-electron chi connectivity index (χ3n) is 5.15. The first kappa shape index (κ1) is 20.2. The molecule has 2 aromatic heterocycles. The van der Waals surface area contributed by atoms with Gasteiger partial charge in [0.25, 0.3) is 0 Å². The number of benzene rings is 1. The fraction of sp³-hybridized carbons (Fsp3) is 0.381. The Labute approximate surface area is 182 Å². The van der Waals surface area contributed by atoms with E-state index in [1.165, 1.54) is 31.0 Å². The number of hydrogen-bond acceptors (Lipinski definition) is 6. The molecule has 0 aliphatic heterocycles. The van der Waals surface area contributed by atoms with Crippen molar-refractivity contribution in [1.82, 2.24) is 14.8 Å². The number of furan rings is 1. The molecule has 0 spiro atoms. The van der Waals surface area contributed by atoms with Gasteiger partial charge in [-0.15, -0.1) is 10.2 Å². The molecule has 29 heavy (non-hydrogen) atoms. The van der Waals surface area contributed by atoms with E-state index in [-0.39, 0.29) is 5.78 Å². The molecule has 0 atom stereocenters. The summed E-state index contributed by atoms with van der Waals surface area (Å²) in [6, 6.07) is 9.47. The van der Waals surface area contributed by atoms with Crippen LogP contribution in [-0.4, -0.2) is 33.4 Å². The third-order valence-corrected chi connectivity index (χ3v) is 6.71. The number of thioether (sulfide) groups is 1. The molecule has 1 aromatic carbocycles. The van der Waals surface area contributed by atoms with Gasteiger partial charge >= 0.3 is 0 Å². The summed E-state index contributed by atoms with van der Waals surface area (Å²) in [5.41, 5.74) is 0.639. The highest BCUT2D eigenvalue weighted by Crippen LogP contribution is 2.36. The molecule has 0 N–H and O–H groups in total. The van der Waals surface area contributed by atoms with Gasteiger partial charge in [0.2, 0.25) is 5.82 Å². The number of methoxy groups -OCH3 is 1. The lowest BCUT2D eigenvalue weighted by Gasteiger charge is -2.25. The van der Waals surface area contributed by atoms with E-state index >= 15 is 0 Å². The Balaban J connectivity index is 1.55. The average Bonchev–Trinajstić information content (AvgIpc) is 3.42. The molecule has 1 saturated carbocycles. The molecule has 0 saturated heterocycles. The van der Waals surface area contributed by atoms with Gasteiger partial charge in [-0.2, -0.15) is 0 Å². The molecular weight excluding hydrogens is 454 g/mol. The van der Waals surface area contributed by atoms with E-state index in [0.717, 1.165) is 28.3 Å². The quantitative estimate of drug-likeness (QED) is 0.318. The number of hydrogen-bond donors (Lipinski definition) is 0. The summed E-state index contributed by atoms with van der Waals surface area (Å²) >= 11 is 4.87. The molecule has 152 valence electrons. The van der Waals surface area contributed by atoms with Gasteiger partial charge in [-0.1, -0.05) is 31.0 Å². The largest absolute Gasteiger partial charge is 0.496 e. The lowest BCUT2D eigenvalue weighted by Crippen LogP contribution is -2.15. The van der Waals surface area contributed by atoms with Crippen molar-refractivity contribution in [3.05, 3.63) is 46.6 Å². The van der Waals surface area contributed by atoms with Crippen LogP contribution in [0.3, 0.4) is 0 Å². The lowest BCUT2D eigenvalue weighted by atomic mass is 9.95. The molecular formula is C21H22BrN3O3S. The highest BCUT2D eigenvalue weighted by Gasteiger charge is 2.25. The molecule has 3 aromatic rings. The van der Waals surface area contributed by atoms with Crippen molar-refractivity contribution < 1.29 is 13.9 Å². The van der Waals surface area contributed by atoms with Gasteiger partial charge < -0.3 is 9.15 Å². The van der Waals surface area contributed by atoms with Crippen LogP contribution in [0.2, 0.25) is 0 Å². The lowest BCUT2D eigenvalue weighted by molar-refractivity contribution is 0.102. The van der Waals surface area contributed by atoms with Gasteiger partial charge in [0.1, 0.15) is 5.75 Å². The number of aromatic nitrogens is 3. The van der Waals surface area contributed by atoms with Crippen LogP contribution in [0.1, 0.15) is 48.5 Å². The number of carbonyl (C=O) groups excluding carboxylic acids is 1. The van der Waals surface area contributed by atoms with Crippen molar-refractivity contribution >= 4 is 33.5 Å². The van der Waals surface area contributed by atoms with Crippen LogP contribution in [0.4, 0.5) is 0 Å². The first-order valence-corrected chi connectivity index (χ1v) is 11.4. The van der Waals surface area contributed by atoms with Crippen molar-refractivity contribution in [3.63, 3.8) is 0 Å². The Morgan fingerprint density at radius 1 is 1.28 bits per heavy atom. The first-order valence-electron chi connectivity index (χ1n) is 9.65. The molecule has 0 unspecified atom stereocenters. The van der Waals surface area contributed by atoms with Crippen LogP contribution < -0.4 is 4.74 Å². The molecule has 8 heteroatoms. The third kappa shape index (κ3) is 4.43. The minimum atomic E-state index is 0.0381. The monoisotopic (exact) mass is 475 g/mol. The Hall–Kier alpha value is -2.06. The molecule has 1 fully saturated rings. The van der Waals surface area contributed by atoms with E-state index in [1.807, 2.05) is 12.1 Å². The van der Waals surface area contributed by atoms with Gasteiger partial charge in [-0.25, -0.2) is 0 Å². The van der Waals surface area contributed by atoms with Gasteiger partial charge in [0.05, 0.1) is 23.6 Å². The maximum absolute atomic E-state index is 12.7. The Bertz CT molecular complexity index is 981. The second-order valence-corrected chi connectivity index (χ2v) is 8.80. The molecule has 1 aliphatic carbocycles. The van der Waals surface area contributed by atoms with Crippen LogP contribution in [0.15, 0.2) is 50.6 Å². The number of rotatable bonds is 7. The predicted molar refractivity (Wildman–Crippen MR) is 116 cm³/mol. The van der Waals surface area contributed by atoms with Crippen LogP contribution in [0.5, 0.6) is 5.75 Å². The molecule has 0 bridgehead atoms. The Morgan fingerprint density at radius 3 is 2.79 bits per heavy atom. The summed E-state index contributed by atoms with van der Waals surface area (Å²) in [6.45, 7) is 0. The number of Topliss-reactive ketones (excluding diaryl/α,β-unsaturated/α-hetero) is 1. The highest BCUT2D eigenvalue weighted by atomic mass is 79.9. The summed E-state index contributed by atoms with van der Waals surface area (Å²) in [5.74, 6) is 2.48. The van der Waals surface area contributed by atoms with Crippen molar-refractivity contribution in [2.45, 2.75) is 43.3 Å². The number of ether oxygens (including phenoxy) is 1. The van der Waals surface area contributed by atoms with Gasteiger partial charge in [-0.05, 0) is 59.1 Å². The predicted octanol–water partition coefficient (Wildman–Crippen LogP) is 5.79. The second-order valence-electron chi connectivity index (χ2n) is 7.01. The number of nitrogens with zero attached hydrogens (tertiary/aromatic N) is 3. The van der Waals surface area contributed by atoms with Crippen LogP contribution in [-0.2, 0) is 0 Å². The van der Waals surface area contributed by atoms with E-state index in [1.54, 1.807) is 31.6 Å². The van der Waals surface area contributed by atoms with Crippen LogP contribution in [0, 0.1) is 0 Å². The molecule has 2 heterocycles. The number of ketones is 1. The van der Waals surface area contributed by atoms with Gasteiger partial charge in [0.15, 0.2) is 16.7 Å². The topological polar surface area (TPSA) is 70.2 Å². The summed E-state index contributed by atoms with van der Waals surface area (Å²) < 4.78 is 13.7. The fourth-order valence-electron chi connectivity index (χ4n) is 3.67. The molecule has 0 radical (unpaired) electrons. The summed E-state index contributed by atoms with van der Waals surface area (Å²) in [6.07, 6.45) is 7.50. The minimum Gasteiger partial charge on any atom is -0.496 e. The molecule has 1 aliphatic rings. The van der Waals surface area contributed by atoms with Gasteiger partial charge in [-0.3, -0.25) is 9.36 Å². The normalized spacial score (nSPS) is 14.8. The van der Waals surface area contributed by atoms with Crippen molar-refractivity contribution in [2.75, 3.05) is 12.9 Å². The zero-order valence-electron chi connectivity index (χ0n) is 16.1. The SMILES string of the molecule is COc1ccc(C(=O)CSc2nnc(-c3ccco3)n2C2CCCCC2)cc1Br. The van der Waals surface area contributed by atoms with Crippen LogP contribution >= 0.6 is 27.7 Å². The van der Waals surface area contributed by atoms with E-state index in [9.17, 15) is 4.79 Å². The smallest absolute Gasteiger partial charge is 0.200 e. The maximum Gasteiger partial charge on any atom is 0.200 e. The Kier molecular flexibility index (Phi) is 6.40. The summed E-state index contributed by atoms with van der Waals surface area (Å²) in [7, 11) is 1.60. The van der Waals surface area contributed by atoms with Crippen molar-refractivity contribution in [2.24, 2.45) is 0 Å². The number of carbonyl (C=O) groups is 1. The highest BCUT2D eigenvalue weighted by molar-refractivity contribution is 9.10. The van der Waals surface area contributed by atoms with Crippen molar-refractivity contribution in [3.8, 4) is 17.3 Å². The standard InChI is InChI=1S/C21H22BrN3O3S/c1-27-18-10-9-14(12-16(18)22)17(26)13-29-21-24-23-20(19-8-5-11-28-19)25(21)15-6-3-2-4-7-15/h5,8-12,15H,2-4,6-7,13H2,1H3.